The second-order valence-electron chi connectivity index (χ2n) is 9.00. The van der Waals surface area contributed by atoms with Gasteiger partial charge in [-0.1, -0.05) is 53.0 Å². The van der Waals surface area contributed by atoms with Gasteiger partial charge < -0.3 is 14.2 Å². The number of unbranched alkanes of at least 4 members (excludes halogenated alkanes) is 3. The Labute approximate surface area is 179 Å². The molecule has 29 heavy (non-hydrogen) atoms. The summed E-state index contributed by atoms with van der Waals surface area (Å²) < 4.78 is 25.9. The molecular formula is C21H36N3O4S+. The monoisotopic (exact) mass is 426 g/mol. The molecule has 2 unspecified atom stereocenters. The van der Waals surface area contributed by atoms with E-state index >= 15 is 0 Å². The number of hydrogen-bond donors (Lipinski definition) is 0. The van der Waals surface area contributed by atoms with E-state index in [-0.39, 0.29) is 11.6 Å². The fourth-order valence-electron chi connectivity index (χ4n) is 3.99. The fraction of sp³-hybridized carbons (Fsp3) is 0.762. The molecule has 2 heterocycles. The number of methoxy groups -OCH3 is 1. The van der Waals surface area contributed by atoms with Crippen LogP contribution in [0.5, 0.6) is 5.88 Å². The number of carbonyl (C=O) groups excluding carboxylic acids is 1. The Morgan fingerprint density at radius 3 is 2.69 bits per heavy atom. The maximum atomic E-state index is 11.9. The number of aromatic nitrogens is 2. The number of nitrogens with zero attached hydrogens (tertiary/aromatic N) is 3. The third-order valence-electron chi connectivity index (χ3n) is 5.24. The lowest BCUT2D eigenvalue weighted by atomic mass is 9.90. The van der Waals surface area contributed by atoms with Crippen molar-refractivity contribution in [2.75, 3.05) is 33.9 Å². The van der Waals surface area contributed by atoms with Crippen LogP contribution in [-0.4, -0.2) is 59.5 Å². The summed E-state index contributed by atoms with van der Waals surface area (Å²) in [6.07, 6.45) is 6.71. The minimum atomic E-state index is -0.646. The van der Waals surface area contributed by atoms with E-state index in [2.05, 4.69) is 49.6 Å². The lowest BCUT2D eigenvalue weighted by molar-refractivity contribution is -0.954. The van der Waals surface area contributed by atoms with Gasteiger partial charge in [0.2, 0.25) is 6.23 Å². The number of hydrogen-bond acceptors (Lipinski definition) is 7. The summed E-state index contributed by atoms with van der Waals surface area (Å²) in [5.41, 5.74) is 1.67. The molecule has 1 aliphatic heterocycles. The minimum absolute atomic E-state index is 0.246. The van der Waals surface area contributed by atoms with E-state index in [4.69, 9.17) is 14.2 Å². The molecular weight excluding hydrogens is 390 g/mol. The summed E-state index contributed by atoms with van der Waals surface area (Å²) in [5, 5.41) is 0. The van der Waals surface area contributed by atoms with Crippen LogP contribution in [0.15, 0.2) is 6.08 Å². The first-order valence-electron chi connectivity index (χ1n) is 10.4. The maximum absolute atomic E-state index is 11.9. The van der Waals surface area contributed by atoms with E-state index in [1.807, 2.05) is 0 Å². The molecule has 164 valence electrons. The van der Waals surface area contributed by atoms with Gasteiger partial charge >= 0.3 is 6.16 Å². The molecule has 0 spiro atoms. The summed E-state index contributed by atoms with van der Waals surface area (Å²) in [6.45, 7) is 10.7. The summed E-state index contributed by atoms with van der Waals surface area (Å²) >= 11 is 1.18. The first-order valence-corrected chi connectivity index (χ1v) is 11.2. The van der Waals surface area contributed by atoms with E-state index in [1.165, 1.54) is 38.1 Å². The second kappa shape index (κ2) is 10.4. The van der Waals surface area contributed by atoms with Gasteiger partial charge in [-0.2, -0.15) is 4.37 Å². The Balaban J connectivity index is 2.14. The molecule has 1 aromatic heterocycles. The maximum Gasteiger partial charge on any atom is 0.512 e. The molecule has 0 aliphatic carbocycles. The zero-order valence-electron chi connectivity index (χ0n) is 18.7. The van der Waals surface area contributed by atoms with Gasteiger partial charge in [-0.25, -0.2) is 4.79 Å². The van der Waals surface area contributed by atoms with Gasteiger partial charge in [0.1, 0.15) is 12.2 Å². The van der Waals surface area contributed by atoms with Crippen molar-refractivity contribution >= 4 is 23.5 Å². The highest BCUT2D eigenvalue weighted by Crippen LogP contribution is 2.37. The summed E-state index contributed by atoms with van der Waals surface area (Å²) in [7, 11) is 3.46. The third kappa shape index (κ3) is 6.40. The van der Waals surface area contributed by atoms with E-state index in [0.29, 0.717) is 23.5 Å². The summed E-state index contributed by atoms with van der Waals surface area (Å²) in [6, 6.07) is 0. The third-order valence-corrected chi connectivity index (χ3v) is 5.75. The number of carbonyl (C=O) groups is 1. The molecule has 8 heteroatoms. The molecule has 0 amide bonds. The molecule has 0 saturated carbocycles. The molecule has 0 aromatic carbocycles. The standard InChI is InChI=1S/C21H36N3O4S/c1-7-8-9-10-14-27-18-17(22-29-23-18)16-12-11-13-24(5,15-16)19(21(2,3)4)28-20(25)26-6/h12,19H,7-11,13-15H2,1-6H3/q+1. The zero-order valence-corrected chi connectivity index (χ0v) is 19.5. The average Bonchev–Trinajstić information content (AvgIpc) is 3.13. The second-order valence-corrected chi connectivity index (χ2v) is 9.53. The molecule has 0 bridgehead atoms. The Bertz CT molecular complexity index is 698. The highest BCUT2D eigenvalue weighted by molar-refractivity contribution is 6.99. The van der Waals surface area contributed by atoms with Gasteiger partial charge in [0.25, 0.3) is 5.88 Å². The number of quaternary nitrogens is 1. The first-order chi connectivity index (χ1) is 13.7. The Morgan fingerprint density at radius 1 is 1.28 bits per heavy atom. The van der Waals surface area contributed by atoms with Gasteiger partial charge in [0.05, 0.1) is 44.5 Å². The fourth-order valence-corrected chi connectivity index (χ4v) is 4.52. The summed E-state index contributed by atoms with van der Waals surface area (Å²) in [5.74, 6) is 0.618. The largest absolute Gasteiger partial charge is 0.512 e. The van der Waals surface area contributed by atoms with Crippen LogP contribution in [0.25, 0.3) is 5.57 Å². The molecule has 0 saturated heterocycles. The molecule has 0 N–H and O–H groups in total. The van der Waals surface area contributed by atoms with Crippen LogP contribution in [0, 0.1) is 5.41 Å². The van der Waals surface area contributed by atoms with Gasteiger partial charge in [-0.3, -0.25) is 4.48 Å². The Morgan fingerprint density at radius 2 is 2.03 bits per heavy atom. The van der Waals surface area contributed by atoms with Crippen molar-refractivity contribution < 1.29 is 23.5 Å². The van der Waals surface area contributed by atoms with Crippen molar-refractivity contribution in [1.82, 2.24) is 8.75 Å². The van der Waals surface area contributed by atoms with Crippen molar-refractivity contribution in [2.24, 2.45) is 5.41 Å². The predicted molar refractivity (Wildman–Crippen MR) is 115 cm³/mol. The van der Waals surface area contributed by atoms with Gasteiger partial charge in [-0.15, -0.1) is 4.37 Å². The number of ether oxygens (including phenoxy) is 3. The zero-order chi connectivity index (χ0) is 21.5. The molecule has 1 aromatic rings. The highest BCUT2D eigenvalue weighted by Gasteiger charge is 2.46. The topological polar surface area (TPSA) is 70.5 Å². The van der Waals surface area contributed by atoms with Crippen LogP contribution in [0.3, 0.4) is 0 Å². The van der Waals surface area contributed by atoms with Crippen LogP contribution in [0.2, 0.25) is 0 Å². The Hall–Kier alpha value is -1.67. The van der Waals surface area contributed by atoms with Crippen LogP contribution < -0.4 is 4.74 Å². The van der Waals surface area contributed by atoms with Gasteiger partial charge in [0, 0.05) is 12.0 Å². The first kappa shape index (κ1) is 23.6. The average molecular weight is 427 g/mol. The van der Waals surface area contributed by atoms with Crippen molar-refractivity contribution in [3.8, 4) is 5.88 Å². The molecule has 0 radical (unpaired) electrons. The van der Waals surface area contributed by atoms with E-state index in [1.54, 1.807) is 0 Å². The lowest BCUT2D eigenvalue weighted by Gasteiger charge is -2.47. The van der Waals surface area contributed by atoms with Crippen molar-refractivity contribution in [3.05, 3.63) is 11.8 Å². The van der Waals surface area contributed by atoms with Gasteiger partial charge in [0.15, 0.2) is 0 Å². The van der Waals surface area contributed by atoms with Crippen LogP contribution in [-0.2, 0) is 9.47 Å². The SMILES string of the molecule is CCCCCCOc1nsnc1C1=CCC[N+](C)(C(OC(=O)OC)C(C)(C)C)C1. The van der Waals surface area contributed by atoms with E-state index in [9.17, 15) is 4.79 Å². The van der Waals surface area contributed by atoms with Crippen LogP contribution >= 0.6 is 11.7 Å². The summed E-state index contributed by atoms with van der Waals surface area (Å²) in [4.78, 5) is 11.9. The smallest absolute Gasteiger partial charge is 0.475 e. The Kier molecular flexibility index (Phi) is 8.46. The highest BCUT2D eigenvalue weighted by atomic mass is 32.1. The van der Waals surface area contributed by atoms with Gasteiger partial charge in [-0.05, 0) is 6.42 Å². The molecule has 2 rings (SSSR count). The minimum Gasteiger partial charge on any atom is -0.475 e. The molecule has 7 nitrogen and oxygen atoms in total. The molecule has 0 fully saturated rings. The molecule has 2 atom stereocenters. The quantitative estimate of drug-likeness (QED) is 0.318. The number of likely N-dealkylation sites (N-methyl/N-ethyl adjacent to an activating group) is 1. The van der Waals surface area contributed by atoms with Crippen LogP contribution in [0.1, 0.15) is 65.5 Å². The van der Waals surface area contributed by atoms with Crippen molar-refractivity contribution in [3.63, 3.8) is 0 Å². The van der Waals surface area contributed by atoms with Crippen molar-refractivity contribution in [1.29, 1.82) is 0 Å². The van der Waals surface area contributed by atoms with E-state index < -0.39 is 6.16 Å². The van der Waals surface area contributed by atoms with Crippen molar-refractivity contribution in [2.45, 2.75) is 66.0 Å². The molecule has 1 aliphatic rings. The normalized spacial score (nSPS) is 20.7. The van der Waals surface area contributed by atoms with Crippen LogP contribution in [0.4, 0.5) is 4.79 Å². The van der Waals surface area contributed by atoms with E-state index in [0.717, 1.165) is 30.7 Å². The number of rotatable bonds is 9. The predicted octanol–water partition coefficient (Wildman–Crippen LogP) is 4.89. The lowest BCUT2D eigenvalue weighted by Crippen LogP contribution is -2.61.